The van der Waals surface area contributed by atoms with Crippen LogP contribution in [0.15, 0.2) is 24.3 Å². The Morgan fingerprint density at radius 1 is 1.40 bits per heavy atom. The van der Waals surface area contributed by atoms with E-state index >= 15 is 0 Å². The molecular weight excluding hydrogens is 250 g/mol. The van der Waals surface area contributed by atoms with Crippen LogP contribution in [0.3, 0.4) is 0 Å². The summed E-state index contributed by atoms with van der Waals surface area (Å²) in [6.45, 7) is 4.45. The first-order valence-corrected chi connectivity index (χ1v) is 7.42. The van der Waals surface area contributed by atoms with Gasteiger partial charge in [0.15, 0.2) is 0 Å². The van der Waals surface area contributed by atoms with Crippen molar-refractivity contribution < 1.29 is 4.79 Å². The molecular formula is C16H25N3O. The van der Waals surface area contributed by atoms with E-state index in [1.54, 1.807) is 0 Å². The average molecular weight is 275 g/mol. The summed E-state index contributed by atoms with van der Waals surface area (Å²) in [5.41, 5.74) is 2.02. The van der Waals surface area contributed by atoms with Crippen LogP contribution in [-0.2, 0) is 4.79 Å². The molecule has 1 aliphatic heterocycles. The molecule has 110 valence electrons. The molecule has 1 amide bonds. The number of likely N-dealkylation sites (N-methyl/N-ethyl adjacent to an activating group) is 1. The molecule has 4 nitrogen and oxygen atoms in total. The Morgan fingerprint density at radius 3 is 3.00 bits per heavy atom. The molecule has 2 N–H and O–H groups in total. The van der Waals surface area contributed by atoms with Crippen molar-refractivity contribution in [1.29, 1.82) is 0 Å². The molecule has 4 heteroatoms. The summed E-state index contributed by atoms with van der Waals surface area (Å²) in [4.78, 5) is 14.2. The van der Waals surface area contributed by atoms with Crippen molar-refractivity contribution >= 4 is 11.6 Å². The number of nitrogens with one attached hydrogen (secondary N) is 2. The number of hydrogen-bond donors (Lipinski definition) is 2. The lowest BCUT2D eigenvalue weighted by Gasteiger charge is -2.32. The maximum atomic E-state index is 11.9. The van der Waals surface area contributed by atoms with Gasteiger partial charge in [-0.2, -0.15) is 0 Å². The highest BCUT2D eigenvalue weighted by Crippen LogP contribution is 2.14. The largest absolute Gasteiger partial charge is 0.325 e. The van der Waals surface area contributed by atoms with Crippen LogP contribution in [0, 0.1) is 6.92 Å². The van der Waals surface area contributed by atoms with Crippen molar-refractivity contribution in [3.05, 3.63) is 29.8 Å². The van der Waals surface area contributed by atoms with E-state index < -0.39 is 0 Å². The molecule has 0 saturated carbocycles. The minimum atomic E-state index is 0.0223. The Morgan fingerprint density at radius 2 is 2.25 bits per heavy atom. The normalized spacial score (nSPS) is 19.8. The van der Waals surface area contributed by atoms with Gasteiger partial charge in [-0.3, -0.25) is 4.79 Å². The van der Waals surface area contributed by atoms with E-state index in [2.05, 4.69) is 22.6 Å². The number of piperidine rings is 1. The van der Waals surface area contributed by atoms with Crippen molar-refractivity contribution in [3.8, 4) is 0 Å². The Kier molecular flexibility index (Phi) is 5.56. The van der Waals surface area contributed by atoms with Crippen LogP contribution in [0.5, 0.6) is 0 Å². The number of aryl methyl sites for hydroxylation is 1. The molecule has 1 unspecified atom stereocenters. The Bertz CT molecular complexity index is 447. The molecule has 1 aromatic carbocycles. The number of carbonyl (C=O) groups is 1. The molecule has 1 saturated heterocycles. The van der Waals surface area contributed by atoms with Gasteiger partial charge in [0.2, 0.25) is 5.91 Å². The summed E-state index contributed by atoms with van der Waals surface area (Å²) in [6, 6.07) is 8.44. The Balaban J connectivity index is 1.70. The van der Waals surface area contributed by atoms with Crippen molar-refractivity contribution in [2.24, 2.45) is 0 Å². The molecule has 1 fully saturated rings. The minimum absolute atomic E-state index is 0.0223. The number of likely N-dealkylation sites (tertiary alicyclic amines) is 1. The van der Waals surface area contributed by atoms with Crippen molar-refractivity contribution in [2.75, 3.05) is 32.0 Å². The zero-order valence-electron chi connectivity index (χ0n) is 12.5. The highest BCUT2D eigenvalue weighted by Gasteiger charge is 2.18. The van der Waals surface area contributed by atoms with Gasteiger partial charge in [0.1, 0.15) is 0 Å². The first-order valence-electron chi connectivity index (χ1n) is 7.42. The van der Waals surface area contributed by atoms with Crippen LogP contribution in [0.4, 0.5) is 5.69 Å². The third-order valence-corrected chi connectivity index (χ3v) is 3.89. The second-order valence-corrected chi connectivity index (χ2v) is 5.68. The molecule has 0 radical (unpaired) electrons. The van der Waals surface area contributed by atoms with Crippen LogP contribution in [0.1, 0.15) is 24.8 Å². The standard InChI is InChI=1S/C16H25N3O/c1-13-6-5-7-14(10-13)18-16(20)12-17-11-15-8-3-4-9-19(15)2/h5-7,10,15,17H,3-4,8-9,11-12H2,1-2H3,(H,18,20). The third kappa shape index (κ3) is 4.62. The third-order valence-electron chi connectivity index (χ3n) is 3.89. The monoisotopic (exact) mass is 275 g/mol. The van der Waals surface area contributed by atoms with Gasteiger partial charge in [-0.05, 0) is 51.1 Å². The van der Waals surface area contributed by atoms with E-state index in [9.17, 15) is 4.79 Å². The first kappa shape index (κ1) is 15.0. The maximum absolute atomic E-state index is 11.9. The van der Waals surface area contributed by atoms with E-state index in [4.69, 9.17) is 0 Å². The minimum Gasteiger partial charge on any atom is -0.325 e. The predicted molar refractivity (Wildman–Crippen MR) is 82.9 cm³/mol. The van der Waals surface area contributed by atoms with Crippen LogP contribution in [0.2, 0.25) is 0 Å². The zero-order valence-corrected chi connectivity index (χ0v) is 12.5. The molecule has 1 aliphatic rings. The molecule has 20 heavy (non-hydrogen) atoms. The lowest BCUT2D eigenvalue weighted by molar-refractivity contribution is -0.115. The molecule has 0 bridgehead atoms. The topological polar surface area (TPSA) is 44.4 Å². The fourth-order valence-corrected chi connectivity index (χ4v) is 2.68. The number of anilines is 1. The highest BCUT2D eigenvalue weighted by molar-refractivity contribution is 5.92. The van der Waals surface area contributed by atoms with E-state index in [1.807, 2.05) is 31.2 Å². The molecule has 0 aromatic heterocycles. The summed E-state index contributed by atoms with van der Waals surface area (Å²) in [6.07, 6.45) is 3.82. The quantitative estimate of drug-likeness (QED) is 0.864. The molecule has 1 atom stereocenters. The smallest absolute Gasteiger partial charge is 0.238 e. The van der Waals surface area contributed by atoms with Gasteiger partial charge >= 0.3 is 0 Å². The second-order valence-electron chi connectivity index (χ2n) is 5.68. The van der Waals surface area contributed by atoms with Gasteiger partial charge < -0.3 is 15.5 Å². The summed E-state index contributed by atoms with van der Waals surface area (Å²) in [5, 5.41) is 6.18. The zero-order chi connectivity index (χ0) is 14.4. The molecule has 1 heterocycles. The lowest BCUT2D eigenvalue weighted by Crippen LogP contribution is -2.44. The van der Waals surface area contributed by atoms with Gasteiger partial charge in [0, 0.05) is 18.3 Å². The number of amides is 1. The van der Waals surface area contributed by atoms with Crippen molar-refractivity contribution in [2.45, 2.75) is 32.2 Å². The number of rotatable bonds is 5. The highest BCUT2D eigenvalue weighted by atomic mass is 16.1. The van der Waals surface area contributed by atoms with Crippen LogP contribution < -0.4 is 10.6 Å². The van der Waals surface area contributed by atoms with Gasteiger partial charge in [-0.25, -0.2) is 0 Å². The number of hydrogen-bond acceptors (Lipinski definition) is 3. The van der Waals surface area contributed by atoms with Crippen molar-refractivity contribution in [3.63, 3.8) is 0 Å². The predicted octanol–water partition coefficient (Wildman–Crippen LogP) is 2.01. The SMILES string of the molecule is Cc1cccc(NC(=O)CNCC2CCCCN2C)c1. The van der Waals surface area contributed by atoms with Crippen LogP contribution in [0.25, 0.3) is 0 Å². The number of nitrogens with zero attached hydrogens (tertiary/aromatic N) is 1. The van der Waals surface area contributed by atoms with Gasteiger partial charge in [-0.1, -0.05) is 18.6 Å². The maximum Gasteiger partial charge on any atom is 0.238 e. The van der Waals surface area contributed by atoms with Gasteiger partial charge in [0.25, 0.3) is 0 Å². The number of benzene rings is 1. The Labute approximate surface area is 121 Å². The molecule has 0 spiro atoms. The van der Waals surface area contributed by atoms with Crippen LogP contribution >= 0.6 is 0 Å². The second kappa shape index (κ2) is 7.41. The van der Waals surface area contributed by atoms with Crippen molar-refractivity contribution in [1.82, 2.24) is 10.2 Å². The van der Waals surface area contributed by atoms with Crippen LogP contribution in [-0.4, -0.2) is 43.5 Å². The van der Waals surface area contributed by atoms with E-state index in [1.165, 1.54) is 25.8 Å². The van der Waals surface area contributed by atoms with E-state index in [0.29, 0.717) is 12.6 Å². The summed E-state index contributed by atoms with van der Waals surface area (Å²) >= 11 is 0. The van der Waals surface area contributed by atoms with Gasteiger partial charge in [-0.15, -0.1) is 0 Å². The molecule has 2 rings (SSSR count). The van der Waals surface area contributed by atoms with E-state index in [0.717, 1.165) is 17.8 Å². The molecule has 1 aromatic rings. The average Bonchev–Trinajstić information content (AvgIpc) is 2.41. The van der Waals surface area contributed by atoms with E-state index in [-0.39, 0.29) is 5.91 Å². The fourth-order valence-electron chi connectivity index (χ4n) is 2.68. The summed E-state index contributed by atoms with van der Waals surface area (Å²) < 4.78 is 0. The Hall–Kier alpha value is -1.39. The summed E-state index contributed by atoms with van der Waals surface area (Å²) in [5.74, 6) is 0.0223. The fraction of sp³-hybridized carbons (Fsp3) is 0.562. The molecule has 0 aliphatic carbocycles. The summed E-state index contributed by atoms with van der Waals surface area (Å²) in [7, 11) is 2.17. The van der Waals surface area contributed by atoms with Gasteiger partial charge in [0.05, 0.1) is 6.54 Å². The first-order chi connectivity index (χ1) is 9.65. The lowest BCUT2D eigenvalue weighted by atomic mass is 10.0. The number of carbonyl (C=O) groups excluding carboxylic acids is 1.